The number of hydrogen-bond acceptors (Lipinski definition) is 4. The predicted molar refractivity (Wildman–Crippen MR) is 129 cm³/mol. The first-order chi connectivity index (χ1) is 15.3. The number of carbonyl (C=O) groups excluding carboxylic acids is 1. The van der Waals surface area contributed by atoms with E-state index in [1.807, 2.05) is 38.1 Å². The van der Waals surface area contributed by atoms with Gasteiger partial charge in [0.2, 0.25) is 0 Å². The van der Waals surface area contributed by atoms with Gasteiger partial charge in [-0.3, -0.25) is 9.52 Å². The summed E-state index contributed by atoms with van der Waals surface area (Å²) in [6.07, 6.45) is 6.11. The van der Waals surface area contributed by atoms with Gasteiger partial charge in [-0.2, -0.15) is 0 Å². The standard InChI is InChI=1S/C25H35N3O3S/c1-20-9-7-8-12-24(20)26-32(30,31)23-15-13-22(14-16-23)25(29)28(18-17-27(2)3)19-21-10-5-4-6-11-21/h7-9,12-16,21,26H,4-6,10-11,17-19H2,1-3H3. The van der Waals surface area contributed by atoms with Crippen LogP contribution in [0.1, 0.15) is 48.0 Å². The zero-order valence-corrected chi connectivity index (χ0v) is 20.2. The van der Waals surface area contributed by atoms with E-state index >= 15 is 0 Å². The first-order valence-electron chi connectivity index (χ1n) is 11.4. The Balaban J connectivity index is 1.73. The van der Waals surface area contributed by atoms with Crippen molar-refractivity contribution in [2.24, 2.45) is 5.92 Å². The number of aryl methyl sites for hydroxylation is 1. The second-order valence-electron chi connectivity index (χ2n) is 9.00. The molecule has 0 radical (unpaired) electrons. The Bertz CT molecular complexity index is 997. The Morgan fingerprint density at radius 1 is 0.969 bits per heavy atom. The number of anilines is 1. The minimum atomic E-state index is -3.72. The Kier molecular flexibility index (Phi) is 8.32. The molecule has 0 heterocycles. The lowest BCUT2D eigenvalue weighted by Gasteiger charge is -2.30. The van der Waals surface area contributed by atoms with Crippen molar-refractivity contribution >= 4 is 21.6 Å². The van der Waals surface area contributed by atoms with Gasteiger partial charge >= 0.3 is 0 Å². The number of hydrogen-bond donors (Lipinski definition) is 1. The molecule has 1 saturated carbocycles. The lowest BCUT2D eigenvalue weighted by Crippen LogP contribution is -2.40. The lowest BCUT2D eigenvalue weighted by molar-refractivity contribution is 0.0701. The topological polar surface area (TPSA) is 69.7 Å². The van der Waals surface area contributed by atoms with Crippen molar-refractivity contribution in [3.05, 3.63) is 59.7 Å². The molecule has 3 rings (SSSR count). The van der Waals surface area contributed by atoms with Crippen LogP contribution in [-0.4, -0.2) is 57.9 Å². The summed E-state index contributed by atoms with van der Waals surface area (Å²) < 4.78 is 28.2. The average molecular weight is 458 g/mol. The molecule has 32 heavy (non-hydrogen) atoms. The first-order valence-corrected chi connectivity index (χ1v) is 12.9. The van der Waals surface area contributed by atoms with Gasteiger partial charge in [-0.05, 0) is 75.7 Å². The van der Waals surface area contributed by atoms with Gasteiger partial charge in [0.05, 0.1) is 10.6 Å². The molecular formula is C25H35N3O3S. The predicted octanol–water partition coefficient (Wildman–Crippen LogP) is 4.38. The molecule has 0 atom stereocenters. The Morgan fingerprint density at radius 3 is 2.25 bits per heavy atom. The summed E-state index contributed by atoms with van der Waals surface area (Å²) in [6.45, 7) is 4.08. The summed E-state index contributed by atoms with van der Waals surface area (Å²) in [5, 5.41) is 0. The molecule has 1 amide bonds. The van der Waals surface area contributed by atoms with Gasteiger partial charge in [-0.25, -0.2) is 8.42 Å². The molecule has 0 saturated heterocycles. The molecule has 1 fully saturated rings. The Morgan fingerprint density at radius 2 is 1.62 bits per heavy atom. The van der Waals surface area contributed by atoms with Crippen LogP contribution in [0.4, 0.5) is 5.69 Å². The second kappa shape index (κ2) is 11.0. The van der Waals surface area contributed by atoms with E-state index in [1.165, 1.54) is 44.2 Å². The monoisotopic (exact) mass is 457 g/mol. The first kappa shape index (κ1) is 24.3. The molecule has 2 aromatic rings. The van der Waals surface area contributed by atoms with Crippen LogP contribution in [0, 0.1) is 12.8 Å². The molecule has 2 aromatic carbocycles. The van der Waals surface area contributed by atoms with Gasteiger partial charge in [0.15, 0.2) is 0 Å². The largest absolute Gasteiger partial charge is 0.337 e. The van der Waals surface area contributed by atoms with E-state index in [-0.39, 0.29) is 10.8 Å². The normalized spacial score (nSPS) is 15.0. The molecule has 0 spiro atoms. The lowest BCUT2D eigenvalue weighted by atomic mass is 9.89. The maximum atomic E-state index is 13.3. The fraction of sp³-hybridized carbons (Fsp3) is 0.480. The minimum absolute atomic E-state index is 0.0340. The van der Waals surface area contributed by atoms with Gasteiger partial charge in [0, 0.05) is 25.2 Å². The van der Waals surface area contributed by atoms with Crippen LogP contribution in [-0.2, 0) is 10.0 Å². The molecule has 1 aliphatic carbocycles. The SMILES string of the molecule is Cc1ccccc1NS(=O)(=O)c1ccc(C(=O)N(CCN(C)C)CC2CCCCC2)cc1. The third-order valence-corrected chi connectivity index (χ3v) is 7.49. The van der Waals surface area contributed by atoms with Gasteiger partial charge in [0.1, 0.15) is 0 Å². The highest BCUT2D eigenvalue weighted by atomic mass is 32.2. The molecule has 6 nitrogen and oxygen atoms in total. The third-order valence-electron chi connectivity index (χ3n) is 6.11. The Labute approximate surface area is 192 Å². The van der Waals surface area contributed by atoms with Crippen molar-refractivity contribution in [2.45, 2.75) is 43.9 Å². The number of carbonyl (C=O) groups is 1. The second-order valence-corrected chi connectivity index (χ2v) is 10.7. The quantitative estimate of drug-likeness (QED) is 0.607. The van der Waals surface area contributed by atoms with Crippen molar-refractivity contribution in [1.82, 2.24) is 9.80 Å². The highest BCUT2D eigenvalue weighted by molar-refractivity contribution is 7.92. The van der Waals surface area contributed by atoms with E-state index in [0.717, 1.165) is 18.7 Å². The van der Waals surface area contributed by atoms with Crippen molar-refractivity contribution in [3.8, 4) is 0 Å². The summed E-state index contributed by atoms with van der Waals surface area (Å²) in [7, 11) is 0.284. The number of nitrogens with one attached hydrogen (secondary N) is 1. The maximum absolute atomic E-state index is 13.3. The minimum Gasteiger partial charge on any atom is -0.337 e. The van der Waals surface area contributed by atoms with E-state index in [2.05, 4.69) is 9.62 Å². The van der Waals surface area contributed by atoms with Crippen LogP contribution in [0.25, 0.3) is 0 Å². The summed E-state index contributed by atoms with van der Waals surface area (Å²) in [6, 6.07) is 13.5. The van der Waals surface area contributed by atoms with Gasteiger partial charge in [-0.15, -0.1) is 0 Å². The fourth-order valence-corrected chi connectivity index (χ4v) is 5.26. The molecule has 7 heteroatoms. The zero-order valence-electron chi connectivity index (χ0n) is 19.4. The third kappa shape index (κ3) is 6.56. The van der Waals surface area contributed by atoms with Crippen molar-refractivity contribution in [2.75, 3.05) is 38.5 Å². The molecule has 1 aliphatic rings. The van der Waals surface area contributed by atoms with Crippen LogP contribution >= 0.6 is 0 Å². The van der Waals surface area contributed by atoms with E-state index in [4.69, 9.17) is 0 Å². The molecule has 0 aliphatic heterocycles. The van der Waals surface area contributed by atoms with Gasteiger partial charge < -0.3 is 9.80 Å². The average Bonchev–Trinajstić information content (AvgIpc) is 2.78. The number of likely N-dealkylation sites (N-methyl/N-ethyl adjacent to an activating group) is 1. The van der Waals surface area contributed by atoms with E-state index < -0.39 is 10.0 Å². The van der Waals surface area contributed by atoms with E-state index in [1.54, 1.807) is 24.3 Å². The highest BCUT2D eigenvalue weighted by Crippen LogP contribution is 2.25. The molecule has 0 unspecified atom stereocenters. The number of sulfonamides is 1. The van der Waals surface area contributed by atoms with Crippen molar-refractivity contribution in [3.63, 3.8) is 0 Å². The number of para-hydroxylation sites is 1. The highest BCUT2D eigenvalue weighted by Gasteiger charge is 2.23. The molecule has 1 N–H and O–H groups in total. The van der Waals surface area contributed by atoms with Gasteiger partial charge in [-0.1, -0.05) is 37.5 Å². The van der Waals surface area contributed by atoms with E-state index in [0.29, 0.717) is 23.7 Å². The summed E-state index contributed by atoms with van der Waals surface area (Å²) >= 11 is 0. The zero-order chi connectivity index (χ0) is 23.1. The van der Waals surface area contributed by atoms with Crippen molar-refractivity contribution < 1.29 is 13.2 Å². The van der Waals surface area contributed by atoms with Crippen LogP contribution < -0.4 is 4.72 Å². The van der Waals surface area contributed by atoms with Crippen molar-refractivity contribution in [1.29, 1.82) is 0 Å². The Hall–Kier alpha value is -2.38. The number of rotatable bonds is 9. The van der Waals surface area contributed by atoms with Crippen LogP contribution in [0.15, 0.2) is 53.4 Å². The molecular weight excluding hydrogens is 422 g/mol. The number of amides is 1. The number of benzene rings is 2. The fourth-order valence-electron chi connectivity index (χ4n) is 4.13. The maximum Gasteiger partial charge on any atom is 0.261 e. The van der Waals surface area contributed by atoms with E-state index in [9.17, 15) is 13.2 Å². The van der Waals surface area contributed by atoms with Crippen LogP contribution in [0.2, 0.25) is 0 Å². The molecule has 0 aromatic heterocycles. The summed E-state index contributed by atoms with van der Waals surface area (Å²) in [4.78, 5) is 17.4. The molecule has 0 bridgehead atoms. The van der Waals surface area contributed by atoms with Crippen LogP contribution in [0.3, 0.4) is 0 Å². The smallest absolute Gasteiger partial charge is 0.261 e. The summed E-state index contributed by atoms with van der Waals surface area (Å²) in [5.41, 5.74) is 1.92. The molecule has 174 valence electrons. The van der Waals surface area contributed by atoms with Crippen LogP contribution in [0.5, 0.6) is 0 Å². The number of nitrogens with zero attached hydrogens (tertiary/aromatic N) is 2. The summed E-state index contributed by atoms with van der Waals surface area (Å²) in [5.74, 6) is 0.515. The van der Waals surface area contributed by atoms with Gasteiger partial charge in [0.25, 0.3) is 15.9 Å².